The van der Waals surface area contributed by atoms with Crippen molar-refractivity contribution < 1.29 is 19.1 Å². The Bertz CT molecular complexity index is 855. The Kier molecular flexibility index (Phi) is 8.36. The minimum absolute atomic E-state index is 0.164. The maximum atomic E-state index is 12.4. The molecule has 196 valence electrons. The fourth-order valence-electron chi connectivity index (χ4n) is 5.67. The van der Waals surface area contributed by atoms with Crippen LogP contribution in [-0.4, -0.2) is 65.6 Å². The molecule has 1 saturated carbocycles. The van der Waals surface area contributed by atoms with E-state index in [4.69, 9.17) is 19.3 Å². The number of carbonyl (C=O) groups excluding carboxylic acids is 1. The Labute approximate surface area is 210 Å². The van der Waals surface area contributed by atoms with E-state index in [0.717, 1.165) is 63.8 Å². The van der Waals surface area contributed by atoms with Gasteiger partial charge in [0.25, 0.3) is 0 Å². The summed E-state index contributed by atoms with van der Waals surface area (Å²) in [6.07, 6.45) is 9.17. The lowest BCUT2D eigenvalue weighted by atomic mass is 9.60. The first kappa shape index (κ1) is 26.3. The lowest BCUT2D eigenvalue weighted by molar-refractivity contribution is -0.170. The molecule has 1 saturated heterocycles. The molecular formula is C27H44N4O4. The van der Waals surface area contributed by atoms with Crippen LogP contribution in [0.4, 0.5) is 4.79 Å². The number of hydrogen-bond acceptors (Lipinski definition) is 7. The molecule has 35 heavy (non-hydrogen) atoms. The minimum atomic E-state index is -0.431. The number of fused-ring (bicyclic) bond motifs is 1. The Morgan fingerprint density at radius 1 is 1.26 bits per heavy atom. The third-order valence-electron chi connectivity index (χ3n) is 7.75. The van der Waals surface area contributed by atoms with Crippen LogP contribution < -0.4 is 5.48 Å². The standard InChI is InChI=1S/C27H44N4O4/c1-6-7-24(33-5)35-29-18-20-14-21-8-11-31(19-23(21)28-17-20)22-15-27(16-22)9-12-30(13-10-27)25(32)34-26(2,3)4/h14,17,22,24,29H,6-13,15-16,18-19H2,1-5H3. The van der Waals surface area contributed by atoms with Gasteiger partial charge >= 0.3 is 6.09 Å². The average Bonchev–Trinajstić information content (AvgIpc) is 2.80. The number of amides is 1. The van der Waals surface area contributed by atoms with Crippen LogP contribution in [0.5, 0.6) is 0 Å². The summed E-state index contributed by atoms with van der Waals surface area (Å²) < 4.78 is 10.9. The van der Waals surface area contributed by atoms with Gasteiger partial charge in [-0.3, -0.25) is 14.7 Å². The van der Waals surface area contributed by atoms with Gasteiger partial charge in [0.2, 0.25) is 0 Å². The maximum Gasteiger partial charge on any atom is 0.410 e. The fraction of sp³-hybridized carbons (Fsp3) is 0.778. The summed E-state index contributed by atoms with van der Waals surface area (Å²) in [5.74, 6) is 0. The minimum Gasteiger partial charge on any atom is -0.444 e. The number of hydroxylamine groups is 1. The highest BCUT2D eigenvalue weighted by molar-refractivity contribution is 5.68. The third-order valence-corrected chi connectivity index (χ3v) is 7.75. The normalized spacial score (nSPS) is 21.5. The molecule has 2 aliphatic heterocycles. The summed E-state index contributed by atoms with van der Waals surface area (Å²) in [6.45, 7) is 12.2. The summed E-state index contributed by atoms with van der Waals surface area (Å²) in [5.41, 5.74) is 6.72. The van der Waals surface area contributed by atoms with Gasteiger partial charge in [0, 0.05) is 52.1 Å². The third kappa shape index (κ3) is 6.73. The van der Waals surface area contributed by atoms with Gasteiger partial charge in [-0.1, -0.05) is 19.4 Å². The van der Waals surface area contributed by atoms with Crippen molar-refractivity contribution in [3.63, 3.8) is 0 Å². The van der Waals surface area contributed by atoms with Crippen molar-refractivity contribution >= 4 is 6.09 Å². The topological polar surface area (TPSA) is 76.2 Å². The first-order valence-corrected chi connectivity index (χ1v) is 13.3. The van der Waals surface area contributed by atoms with E-state index in [1.807, 2.05) is 31.9 Å². The summed E-state index contributed by atoms with van der Waals surface area (Å²) >= 11 is 0. The molecule has 1 aromatic heterocycles. The van der Waals surface area contributed by atoms with Crippen LogP contribution >= 0.6 is 0 Å². The molecule has 1 atom stereocenters. The Hall–Kier alpha value is -1.74. The summed E-state index contributed by atoms with van der Waals surface area (Å²) in [6, 6.07) is 2.91. The van der Waals surface area contributed by atoms with Gasteiger partial charge in [-0.25, -0.2) is 4.79 Å². The zero-order valence-corrected chi connectivity index (χ0v) is 22.3. The molecule has 3 aliphatic rings. The van der Waals surface area contributed by atoms with Gasteiger partial charge in [0.1, 0.15) is 5.60 Å². The van der Waals surface area contributed by atoms with Gasteiger partial charge in [-0.15, -0.1) is 0 Å². The quantitative estimate of drug-likeness (QED) is 0.429. The largest absolute Gasteiger partial charge is 0.444 e. The second-order valence-corrected chi connectivity index (χ2v) is 11.6. The van der Waals surface area contributed by atoms with E-state index in [9.17, 15) is 4.79 Å². The number of carbonyl (C=O) groups is 1. The van der Waals surface area contributed by atoms with Gasteiger partial charge < -0.3 is 14.4 Å². The van der Waals surface area contributed by atoms with E-state index in [1.165, 1.54) is 24.1 Å². The number of nitrogens with one attached hydrogen (secondary N) is 1. The zero-order valence-electron chi connectivity index (χ0n) is 22.3. The molecule has 1 amide bonds. The number of ether oxygens (including phenoxy) is 2. The number of rotatable bonds is 8. The highest BCUT2D eigenvalue weighted by Crippen LogP contribution is 2.51. The van der Waals surface area contributed by atoms with Crippen LogP contribution in [0.3, 0.4) is 0 Å². The molecule has 3 heterocycles. The molecule has 1 aromatic rings. The van der Waals surface area contributed by atoms with Crippen molar-refractivity contribution in [2.75, 3.05) is 26.7 Å². The maximum absolute atomic E-state index is 12.4. The number of nitrogens with zero attached hydrogens (tertiary/aromatic N) is 3. The van der Waals surface area contributed by atoms with Gasteiger partial charge in [-0.05, 0) is 75.8 Å². The molecule has 8 heteroatoms. The highest BCUT2D eigenvalue weighted by Gasteiger charge is 2.48. The Balaban J connectivity index is 1.21. The second kappa shape index (κ2) is 11.1. The molecule has 0 radical (unpaired) electrons. The van der Waals surface area contributed by atoms with Gasteiger partial charge in [0.05, 0.1) is 5.69 Å². The summed E-state index contributed by atoms with van der Waals surface area (Å²) in [7, 11) is 1.67. The predicted octanol–water partition coefficient (Wildman–Crippen LogP) is 4.41. The van der Waals surface area contributed by atoms with Crippen molar-refractivity contribution in [1.82, 2.24) is 20.3 Å². The number of hydrogen-bond donors (Lipinski definition) is 1. The molecule has 4 rings (SSSR count). The number of aromatic nitrogens is 1. The molecule has 1 aliphatic carbocycles. The van der Waals surface area contributed by atoms with Crippen LogP contribution in [0.1, 0.15) is 83.0 Å². The predicted molar refractivity (Wildman–Crippen MR) is 134 cm³/mol. The van der Waals surface area contributed by atoms with Crippen molar-refractivity contribution in [1.29, 1.82) is 0 Å². The molecule has 8 nitrogen and oxygen atoms in total. The fourth-order valence-corrected chi connectivity index (χ4v) is 5.67. The van der Waals surface area contributed by atoms with Gasteiger partial charge in [0.15, 0.2) is 6.29 Å². The molecule has 2 fully saturated rings. The Morgan fingerprint density at radius 3 is 2.66 bits per heavy atom. The first-order valence-electron chi connectivity index (χ1n) is 13.3. The lowest BCUT2D eigenvalue weighted by Crippen LogP contribution is -2.56. The van der Waals surface area contributed by atoms with Crippen molar-refractivity contribution in [3.05, 3.63) is 29.1 Å². The zero-order chi connectivity index (χ0) is 25.1. The number of piperidine rings is 1. The van der Waals surface area contributed by atoms with E-state index >= 15 is 0 Å². The first-order chi connectivity index (χ1) is 16.7. The molecular weight excluding hydrogens is 444 g/mol. The molecule has 1 spiro atoms. The lowest BCUT2D eigenvalue weighted by Gasteiger charge is -2.55. The van der Waals surface area contributed by atoms with E-state index in [1.54, 1.807) is 7.11 Å². The van der Waals surface area contributed by atoms with Crippen LogP contribution in [0.2, 0.25) is 0 Å². The smallest absolute Gasteiger partial charge is 0.410 e. The monoisotopic (exact) mass is 488 g/mol. The van der Waals surface area contributed by atoms with Crippen LogP contribution in [-0.2, 0) is 33.8 Å². The van der Waals surface area contributed by atoms with Crippen molar-refractivity contribution in [2.45, 2.75) is 104 Å². The summed E-state index contributed by atoms with van der Waals surface area (Å²) in [5, 5.41) is 0. The van der Waals surface area contributed by atoms with Crippen LogP contribution in [0, 0.1) is 5.41 Å². The van der Waals surface area contributed by atoms with E-state index in [2.05, 4.69) is 23.4 Å². The summed E-state index contributed by atoms with van der Waals surface area (Å²) in [4.78, 5) is 27.3. The van der Waals surface area contributed by atoms with Crippen LogP contribution in [0.15, 0.2) is 12.3 Å². The molecule has 0 aromatic carbocycles. The average molecular weight is 489 g/mol. The molecule has 1 unspecified atom stereocenters. The number of pyridine rings is 1. The van der Waals surface area contributed by atoms with Gasteiger partial charge in [-0.2, -0.15) is 5.48 Å². The molecule has 1 N–H and O–H groups in total. The van der Waals surface area contributed by atoms with Crippen LogP contribution in [0.25, 0.3) is 0 Å². The van der Waals surface area contributed by atoms with E-state index in [-0.39, 0.29) is 12.4 Å². The highest BCUT2D eigenvalue weighted by atomic mass is 16.8. The SMILES string of the molecule is CCCC(OC)ONCc1cnc2c(c1)CCN(C1CC3(CCN(C(=O)OC(C)(C)C)CC3)C1)C2. The molecule has 0 bridgehead atoms. The Morgan fingerprint density at radius 2 is 2.00 bits per heavy atom. The van der Waals surface area contributed by atoms with E-state index < -0.39 is 5.60 Å². The van der Waals surface area contributed by atoms with Crippen molar-refractivity contribution in [2.24, 2.45) is 5.41 Å². The number of likely N-dealkylation sites (tertiary alicyclic amines) is 1. The second-order valence-electron chi connectivity index (χ2n) is 11.6. The van der Waals surface area contributed by atoms with Crippen molar-refractivity contribution in [3.8, 4) is 0 Å². The number of methoxy groups -OCH3 is 1. The van der Waals surface area contributed by atoms with E-state index in [0.29, 0.717) is 18.0 Å².